The Labute approximate surface area is 103 Å². The maximum Gasteiger partial charge on any atom is 0.115 e. The van der Waals surface area contributed by atoms with Gasteiger partial charge >= 0.3 is 0 Å². The zero-order chi connectivity index (χ0) is 12.0. The van der Waals surface area contributed by atoms with Crippen LogP contribution in [0.5, 0.6) is 5.75 Å². The number of hydrogen-bond donors (Lipinski definition) is 1. The molecule has 3 atom stereocenters. The number of aromatic hydroxyl groups is 1. The van der Waals surface area contributed by atoms with E-state index in [1.807, 2.05) is 12.1 Å². The minimum absolute atomic E-state index is 0.415. The van der Waals surface area contributed by atoms with E-state index in [2.05, 4.69) is 24.9 Å². The lowest BCUT2D eigenvalue weighted by molar-refractivity contribution is 0.0965. The van der Waals surface area contributed by atoms with Gasteiger partial charge in [-0.05, 0) is 68.0 Å². The third-order valence-electron chi connectivity index (χ3n) is 4.80. The average molecular weight is 231 g/mol. The molecular weight excluding hydrogens is 210 g/mol. The number of piperidine rings is 1. The van der Waals surface area contributed by atoms with Gasteiger partial charge in [0.1, 0.15) is 5.75 Å². The summed E-state index contributed by atoms with van der Waals surface area (Å²) in [6, 6.07) is 6.62. The first-order chi connectivity index (χ1) is 8.16. The van der Waals surface area contributed by atoms with Crippen LogP contribution in [0.1, 0.15) is 36.8 Å². The summed E-state index contributed by atoms with van der Waals surface area (Å²) in [5, 5.41) is 9.64. The summed E-state index contributed by atoms with van der Waals surface area (Å²) in [6.07, 6.45) is 3.81. The van der Waals surface area contributed by atoms with Crippen LogP contribution >= 0.6 is 0 Å². The molecule has 1 heterocycles. The number of fused-ring (bicyclic) bond motifs is 2. The van der Waals surface area contributed by atoms with Gasteiger partial charge in [0.25, 0.3) is 0 Å². The minimum Gasteiger partial charge on any atom is -0.508 e. The lowest BCUT2D eigenvalue weighted by Crippen LogP contribution is -2.48. The second-order valence-electron chi connectivity index (χ2n) is 5.73. The number of likely N-dealkylation sites (N-methyl/N-ethyl adjacent to an activating group) is 1. The molecule has 17 heavy (non-hydrogen) atoms. The molecule has 1 aromatic rings. The minimum atomic E-state index is 0.415. The highest BCUT2D eigenvalue weighted by Gasteiger charge is 2.38. The van der Waals surface area contributed by atoms with Gasteiger partial charge in [-0.1, -0.05) is 13.0 Å². The average Bonchev–Trinajstić information content (AvgIpc) is 2.32. The second kappa shape index (κ2) is 4.02. The van der Waals surface area contributed by atoms with Gasteiger partial charge in [-0.2, -0.15) is 0 Å². The van der Waals surface area contributed by atoms with Gasteiger partial charge in [0.05, 0.1) is 0 Å². The van der Waals surface area contributed by atoms with Crippen LogP contribution in [0.25, 0.3) is 0 Å². The van der Waals surface area contributed by atoms with E-state index in [1.165, 1.54) is 30.5 Å². The fourth-order valence-corrected chi connectivity index (χ4v) is 3.80. The number of rotatable bonds is 0. The molecule has 2 aliphatic rings. The summed E-state index contributed by atoms with van der Waals surface area (Å²) in [7, 11) is 2.26. The van der Waals surface area contributed by atoms with E-state index < -0.39 is 0 Å². The summed E-state index contributed by atoms with van der Waals surface area (Å²) >= 11 is 0. The first kappa shape index (κ1) is 11.1. The standard InChI is InChI=1S/C15H21NO/c1-10-13-4-3-7-16(2)15(13)8-11-5-6-12(17)9-14(10)11/h5-6,9-10,13,15,17H,3-4,7-8H2,1-2H3/t10-,13?,15?/m0/s1. The number of likely N-dealkylation sites (tertiary alicyclic amines) is 1. The third kappa shape index (κ3) is 1.75. The summed E-state index contributed by atoms with van der Waals surface area (Å²) in [5.41, 5.74) is 2.81. The molecule has 1 fully saturated rings. The molecule has 2 heteroatoms. The first-order valence-electron chi connectivity index (χ1n) is 6.69. The van der Waals surface area contributed by atoms with E-state index >= 15 is 0 Å². The quantitative estimate of drug-likeness (QED) is 0.742. The number of phenols is 1. The Balaban J connectivity index is 2.00. The maximum atomic E-state index is 9.64. The topological polar surface area (TPSA) is 23.5 Å². The van der Waals surface area contributed by atoms with Gasteiger partial charge in [0, 0.05) is 6.04 Å². The van der Waals surface area contributed by atoms with Crippen LogP contribution in [0, 0.1) is 5.92 Å². The van der Waals surface area contributed by atoms with Gasteiger partial charge in [-0.15, -0.1) is 0 Å². The lowest BCUT2D eigenvalue weighted by atomic mass is 9.69. The largest absolute Gasteiger partial charge is 0.508 e. The van der Waals surface area contributed by atoms with Crippen LogP contribution in [0.4, 0.5) is 0 Å². The summed E-state index contributed by atoms with van der Waals surface area (Å²) in [6.45, 7) is 3.57. The SMILES string of the molecule is C[C@@H]1c2cc(O)ccc2CC2C1CCCN2C. The van der Waals surface area contributed by atoms with Crippen molar-refractivity contribution in [3.8, 4) is 5.75 Å². The molecular formula is C15H21NO. The van der Waals surface area contributed by atoms with E-state index in [9.17, 15) is 5.11 Å². The number of benzene rings is 1. The van der Waals surface area contributed by atoms with Crippen molar-refractivity contribution in [2.24, 2.45) is 5.92 Å². The Hall–Kier alpha value is -1.02. The molecule has 2 unspecified atom stereocenters. The lowest BCUT2D eigenvalue weighted by Gasteiger charge is -2.46. The molecule has 0 amide bonds. The van der Waals surface area contributed by atoms with Crippen molar-refractivity contribution in [1.82, 2.24) is 4.90 Å². The third-order valence-corrected chi connectivity index (χ3v) is 4.80. The molecule has 0 spiro atoms. The van der Waals surface area contributed by atoms with Gasteiger partial charge in [-0.3, -0.25) is 0 Å². The van der Waals surface area contributed by atoms with Crippen molar-refractivity contribution >= 4 is 0 Å². The zero-order valence-electron chi connectivity index (χ0n) is 10.7. The van der Waals surface area contributed by atoms with Crippen molar-refractivity contribution in [2.45, 2.75) is 38.1 Å². The zero-order valence-corrected chi connectivity index (χ0v) is 10.7. The summed E-state index contributed by atoms with van der Waals surface area (Å²) in [4.78, 5) is 2.53. The fourth-order valence-electron chi connectivity index (χ4n) is 3.80. The smallest absolute Gasteiger partial charge is 0.115 e. The molecule has 0 bridgehead atoms. The molecule has 2 nitrogen and oxygen atoms in total. The van der Waals surface area contributed by atoms with Crippen LogP contribution in [0.15, 0.2) is 18.2 Å². The molecule has 0 radical (unpaired) electrons. The van der Waals surface area contributed by atoms with E-state index in [0.717, 1.165) is 12.3 Å². The summed E-state index contributed by atoms with van der Waals surface area (Å²) in [5.74, 6) is 1.76. The molecule has 92 valence electrons. The second-order valence-corrected chi connectivity index (χ2v) is 5.73. The molecule has 1 aliphatic carbocycles. The van der Waals surface area contributed by atoms with Gasteiger partial charge < -0.3 is 10.0 Å². The van der Waals surface area contributed by atoms with E-state index in [0.29, 0.717) is 17.7 Å². The molecule has 1 N–H and O–H groups in total. The normalized spacial score (nSPS) is 32.9. The first-order valence-corrected chi connectivity index (χ1v) is 6.69. The molecule has 0 aromatic heterocycles. The molecule has 1 saturated heterocycles. The predicted molar refractivity (Wildman–Crippen MR) is 69.4 cm³/mol. The molecule has 1 aliphatic heterocycles. The monoisotopic (exact) mass is 231 g/mol. The Bertz CT molecular complexity index is 429. The Morgan fingerprint density at radius 3 is 3.00 bits per heavy atom. The Kier molecular flexibility index (Phi) is 2.62. The van der Waals surface area contributed by atoms with Crippen molar-refractivity contribution in [3.63, 3.8) is 0 Å². The highest BCUT2D eigenvalue weighted by atomic mass is 16.3. The van der Waals surface area contributed by atoms with Crippen LogP contribution in [0.3, 0.4) is 0 Å². The maximum absolute atomic E-state index is 9.64. The van der Waals surface area contributed by atoms with Crippen molar-refractivity contribution in [2.75, 3.05) is 13.6 Å². The van der Waals surface area contributed by atoms with Crippen LogP contribution < -0.4 is 0 Å². The van der Waals surface area contributed by atoms with Crippen molar-refractivity contribution in [1.29, 1.82) is 0 Å². The van der Waals surface area contributed by atoms with Gasteiger partial charge in [0.2, 0.25) is 0 Å². The van der Waals surface area contributed by atoms with E-state index in [1.54, 1.807) is 0 Å². The summed E-state index contributed by atoms with van der Waals surface area (Å²) < 4.78 is 0. The van der Waals surface area contributed by atoms with E-state index in [-0.39, 0.29) is 0 Å². The van der Waals surface area contributed by atoms with Crippen LogP contribution in [0.2, 0.25) is 0 Å². The van der Waals surface area contributed by atoms with Crippen LogP contribution in [-0.4, -0.2) is 29.6 Å². The molecule has 1 aromatic carbocycles. The van der Waals surface area contributed by atoms with Crippen molar-refractivity contribution < 1.29 is 5.11 Å². The van der Waals surface area contributed by atoms with Gasteiger partial charge in [0.15, 0.2) is 0 Å². The Morgan fingerprint density at radius 2 is 2.18 bits per heavy atom. The van der Waals surface area contributed by atoms with Crippen LogP contribution in [-0.2, 0) is 6.42 Å². The van der Waals surface area contributed by atoms with Crippen molar-refractivity contribution in [3.05, 3.63) is 29.3 Å². The molecule has 3 rings (SSSR count). The number of nitrogens with zero attached hydrogens (tertiary/aromatic N) is 1. The van der Waals surface area contributed by atoms with E-state index in [4.69, 9.17) is 0 Å². The number of phenolic OH excluding ortho intramolecular Hbond substituents is 1. The number of hydrogen-bond acceptors (Lipinski definition) is 2. The fraction of sp³-hybridized carbons (Fsp3) is 0.600. The molecule has 0 saturated carbocycles. The highest BCUT2D eigenvalue weighted by Crippen LogP contribution is 2.43. The van der Waals surface area contributed by atoms with Gasteiger partial charge in [-0.25, -0.2) is 0 Å². The Morgan fingerprint density at radius 1 is 1.35 bits per heavy atom. The highest BCUT2D eigenvalue weighted by molar-refractivity contribution is 5.40. The predicted octanol–water partition coefficient (Wildman–Crippen LogP) is 2.76.